The third kappa shape index (κ3) is 4.91. The normalized spacial score (nSPS) is 15.2. The van der Waals surface area contributed by atoms with Crippen LogP contribution in [0.15, 0.2) is 36.5 Å². The molecule has 27 heavy (non-hydrogen) atoms. The summed E-state index contributed by atoms with van der Waals surface area (Å²) in [5.41, 5.74) is 1.53. The van der Waals surface area contributed by atoms with Crippen molar-refractivity contribution in [2.24, 2.45) is 0 Å². The lowest BCUT2D eigenvalue weighted by atomic mass is 10.1. The lowest BCUT2D eigenvalue weighted by molar-refractivity contribution is 0.102. The number of anilines is 1. The van der Waals surface area contributed by atoms with Crippen LogP contribution in [0.25, 0.3) is 0 Å². The Kier molecular flexibility index (Phi) is 5.89. The smallest absolute Gasteiger partial charge is 0.274 e. The molecule has 0 aliphatic heterocycles. The Labute approximate surface area is 160 Å². The average Bonchev–Trinajstić information content (AvgIpc) is 3.16. The highest BCUT2D eigenvalue weighted by Crippen LogP contribution is 2.31. The molecule has 0 radical (unpaired) electrons. The molecule has 1 aliphatic carbocycles. The third-order valence-electron chi connectivity index (χ3n) is 4.90. The minimum Gasteiger partial charge on any atom is -0.321 e. The van der Waals surface area contributed by atoms with Crippen LogP contribution < -0.4 is 5.32 Å². The van der Waals surface area contributed by atoms with Gasteiger partial charge in [0.25, 0.3) is 5.91 Å². The zero-order chi connectivity index (χ0) is 19.4. The van der Waals surface area contributed by atoms with Crippen molar-refractivity contribution < 1.29 is 13.2 Å². The van der Waals surface area contributed by atoms with E-state index in [0.29, 0.717) is 22.9 Å². The number of carbonyl (C=O) groups excluding carboxylic acids is 1. The number of hydrogen-bond donors (Lipinski definition) is 1. The van der Waals surface area contributed by atoms with Gasteiger partial charge in [-0.05, 0) is 50.5 Å². The Bertz CT molecular complexity index is 920. The van der Waals surface area contributed by atoms with Gasteiger partial charge in [0.15, 0.2) is 9.84 Å². The van der Waals surface area contributed by atoms with Gasteiger partial charge < -0.3 is 5.32 Å². The molecule has 1 heterocycles. The van der Waals surface area contributed by atoms with Gasteiger partial charge in [0.05, 0.1) is 11.0 Å². The summed E-state index contributed by atoms with van der Waals surface area (Å²) in [5, 5.41) is 2.37. The van der Waals surface area contributed by atoms with Crippen molar-refractivity contribution in [1.29, 1.82) is 0 Å². The van der Waals surface area contributed by atoms with Crippen LogP contribution in [0.2, 0.25) is 0 Å². The summed E-state index contributed by atoms with van der Waals surface area (Å²) in [4.78, 5) is 21.3. The van der Waals surface area contributed by atoms with E-state index in [1.807, 2.05) is 0 Å². The Morgan fingerprint density at radius 3 is 2.67 bits per heavy atom. The first-order chi connectivity index (χ1) is 12.8. The molecule has 6 nitrogen and oxygen atoms in total. The summed E-state index contributed by atoms with van der Waals surface area (Å²) in [6.07, 6.45) is 6.11. The molecule has 1 fully saturated rings. The largest absolute Gasteiger partial charge is 0.321 e. The van der Waals surface area contributed by atoms with Gasteiger partial charge in [0, 0.05) is 17.8 Å². The number of amides is 1. The highest BCUT2D eigenvalue weighted by atomic mass is 32.2. The van der Waals surface area contributed by atoms with E-state index in [1.54, 1.807) is 50.4 Å². The van der Waals surface area contributed by atoms with E-state index in [-0.39, 0.29) is 11.7 Å². The molecule has 0 unspecified atom stereocenters. The second-order valence-electron chi connectivity index (χ2n) is 7.29. The van der Waals surface area contributed by atoms with Crippen molar-refractivity contribution in [3.63, 3.8) is 0 Å². The Morgan fingerprint density at radius 1 is 1.22 bits per heavy atom. The Hall–Kier alpha value is -2.28. The van der Waals surface area contributed by atoms with Crippen LogP contribution in [-0.2, 0) is 15.6 Å². The summed E-state index contributed by atoms with van der Waals surface area (Å²) >= 11 is 0. The molecule has 0 bridgehead atoms. The van der Waals surface area contributed by atoms with Crippen LogP contribution in [0, 0.1) is 0 Å². The number of nitrogens with zero attached hydrogens (tertiary/aromatic N) is 2. The molecule has 0 atom stereocenters. The fraction of sp³-hybridized carbons (Fsp3) is 0.450. The minimum atomic E-state index is -3.20. The predicted octanol–water partition coefficient (Wildman–Crippen LogP) is 3.71. The van der Waals surface area contributed by atoms with Crippen LogP contribution in [0.3, 0.4) is 0 Å². The zero-order valence-corrected chi connectivity index (χ0v) is 16.5. The van der Waals surface area contributed by atoms with Gasteiger partial charge in [-0.15, -0.1) is 0 Å². The number of nitrogens with one attached hydrogen (secondary N) is 1. The Morgan fingerprint density at radius 2 is 1.96 bits per heavy atom. The summed E-state index contributed by atoms with van der Waals surface area (Å²) < 4.78 is 24.2. The van der Waals surface area contributed by atoms with Crippen molar-refractivity contribution in [1.82, 2.24) is 9.97 Å². The minimum absolute atomic E-state index is 0.0479. The molecule has 1 N–H and O–H groups in total. The van der Waals surface area contributed by atoms with Gasteiger partial charge in [-0.25, -0.2) is 18.4 Å². The van der Waals surface area contributed by atoms with Gasteiger partial charge in [-0.1, -0.05) is 25.0 Å². The van der Waals surface area contributed by atoms with E-state index in [2.05, 4.69) is 15.3 Å². The van der Waals surface area contributed by atoms with E-state index in [9.17, 15) is 13.2 Å². The molecular formula is C20H25N3O3S. The first-order valence-electron chi connectivity index (χ1n) is 9.30. The van der Waals surface area contributed by atoms with Crippen LogP contribution in [-0.4, -0.2) is 29.5 Å². The monoisotopic (exact) mass is 387 g/mol. The molecule has 0 saturated heterocycles. The fourth-order valence-electron chi connectivity index (χ4n) is 3.21. The SMILES string of the molecule is CC(C)S(=O)(=O)Cc1cccc(NC(=O)c2ccnc(C3CCCC3)n2)c1. The number of sulfone groups is 1. The topological polar surface area (TPSA) is 89.0 Å². The molecule has 1 aromatic carbocycles. The van der Waals surface area contributed by atoms with Crippen molar-refractivity contribution >= 4 is 21.4 Å². The van der Waals surface area contributed by atoms with E-state index < -0.39 is 15.1 Å². The van der Waals surface area contributed by atoms with E-state index in [1.165, 1.54) is 12.8 Å². The van der Waals surface area contributed by atoms with Crippen molar-refractivity contribution in [2.75, 3.05) is 5.32 Å². The molecule has 1 amide bonds. The van der Waals surface area contributed by atoms with Crippen molar-refractivity contribution in [3.8, 4) is 0 Å². The lowest BCUT2D eigenvalue weighted by Crippen LogP contribution is -2.17. The predicted molar refractivity (Wildman–Crippen MR) is 105 cm³/mol. The summed E-state index contributed by atoms with van der Waals surface area (Å²) in [6.45, 7) is 3.33. The molecule has 1 saturated carbocycles. The summed E-state index contributed by atoms with van der Waals surface area (Å²) in [5.74, 6) is 0.702. The second kappa shape index (κ2) is 8.17. The Balaban J connectivity index is 1.73. The number of rotatable bonds is 6. The summed E-state index contributed by atoms with van der Waals surface area (Å²) in [6, 6.07) is 8.52. The van der Waals surface area contributed by atoms with E-state index in [0.717, 1.165) is 18.7 Å². The first kappa shape index (κ1) is 19.5. The standard InChI is InChI=1S/C20H25N3O3S/c1-14(2)27(25,26)13-15-6-5-9-17(12-15)22-20(24)18-10-11-21-19(23-18)16-7-3-4-8-16/h5-6,9-12,14,16H,3-4,7-8,13H2,1-2H3,(H,22,24). The lowest BCUT2D eigenvalue weighted by Gasteiger charge is -2.11. The highest BCUT2D eigenvalue weighted by molar-refractivity contribution is 7.91. The number of carbonyl (C=O) groups is 1. The number of hydrogen-bond acceptors (Lipinski definition) is 5. The molecular weight excluding hydrogens is 362 g/mol. The summed E-state index contributed by atoms with van der Waals surface area (Å²) in [7, 11) is -3.20. The molecule has 1 aromatic heterocycles. The number of aromatic nitrogens is 2. The van der Waals surface area contributed by atoms with E-state index >= 15 is 0 Å². The highest BCUT2D eigenvalue weighted by Gasteiger charge is 2.21. The molecule has 2 aromatic rings. The molecule has 1 aliphatic rings. The maximum atomic E-state index is 12.6. The average molecular weight is 388 g/mol. The fourth-order valence-corrected chi connectivity index (χ4v) is 4.19. The molecule has 7 heteroatoms. The molecule has 3 rings (SSSR count). The molecule has 144 valence electrons. The molecule has 0 spiro atoms. The van der Waals surface area contributed by atoms with Gasteiger partial charge in [0.2, 0.25) is 0 Å². The van der Waals surface area contributed by atoms with Crippen LogP contribution in [0.5, 0.6) is 0 Å². The van der Waals surface area contributed by atoms with Gasteiger partial charge >= 0.3 is 0 Å². The quantitative estimate of drug-likeness (QED) is 0.816. The maximum absolute atomic E-state index is 12.6. The maximum Gasteiger partial charge on any atom is 0.274 e. The van der Waals surface area contributed by atoms with Crippen molar-refractivity contribution in [3.05, 3.63) is 53.6 Å². The van der Waals surface area contributed by atoms with Gasteiger partial charge in [0.1, 0.15) is 11.5 Å². The third-order valence-corrected chi connectivity index (χ3v) is 7.07. The van der Waals surface area contributed by atoms with E-state index in [4.69, 9.17) is 0 Å². The van der Waals surface area contributed by atoms with Gasteiger partial charge in [-0.2, -0.15) is 0 Å². The first-order valence-corrected chi connectivity index (χ1v) is 11.0. The second-order valence-corrected chi connectivity index (χ2v) is 9.85. The van der Waals surface area contributed by atoms with Crippen molar-refractivity contribution in [2.45, 2.75) is 56.5 Å². The van der Waals surface area contributed by atoms with Crippen LogP contribution in [0.4, 0.5) is 5.69 Å². The number of benzene rings is 1. The zero-order valence-electron chi connectivity index (χ0n) is 15.7. The van der Waals surface area contributed by atoms with Gasteiger partial charge in [-0.3, -0.25) is 4.79 Å². The van der Waals surface area contributed by atoms with Crippen LogP contribution >= 0.6 is 0 Å². The van der Waals surface area contributed by atoms with Crippen LogP contribution in [0.1, 0.15) is 67.3 Å².